The third-order valence-corrected chi connectivity index (χ3v) is 4.84. The lowest BCUT2D eigenvalue weighted by atomic mass is 10.0. The van der Waals surface area contributed by atoms with Gasteiger partial charge < -0.3 is 20.7 Å². The summed E-state index contributed by atoms with van der Waals surface area (Å²) in [6.07, 6.45) is 1.00. The predicted molar refractivity (Wildman–Crippen MR) is 115 cm³/mol. The highest BCUT2D eigenvalue weighted by molar-refractivity contribution is 5.94. The average Bonchev–Trinajstić information content (AvgIpc) is 2.75. The van der Waals surface area contributed by atoms with Crippen LogP contribution in [0.5, 0.6) is 0 Å². The molecule has 1 aromatic carbocycles. The first-order valence-electron chi connectivity index (χ1n) is 10.6. The molecule has 1 heterocycles. The van der Waals surface area contributed by atoms with Gasteiger partial charge in [-0.05, 0) is 31.4 Å². The van der Waals surface area contributed by atoms with Gasteiger partial charge in [-0.25, -0.2) is 18.2 Å². The smallest absolute Gasteiger partial charge is 0.246 e. The van der Waals surface area contributed by atoms with Crippen molar-refractivity contribution in [3.8, 4) is 0 Å². The van der Waals surface area contributed by atoms with Crippen LogP contribution in [0.15, 0.2) is 17.1 Å². The van der Waals surface area contributed by atoms with E-state index >= 15 is 0 Å². The van der Waals surface area contributed by atoms with Crippen LogP contribution in [0.25, 0.3) is 0 Å². The Labute approximate surface area is 181 Å². The zero-order valence-corrected chi connectivity index (χ0v) is 18.3. The Morgan fingerprint density at radius 2 is 1.87 bits per heavy atom. The van der Waals surface area contributed by atoms with E-state index in [2.05, 4.69) is 39.7 Å². The summed E-state index contributed by atoms with van der Waals surface area (Å²) in [5.74, 6) is -4.06. The van der Waals surface area contributed by atoms with Crippen LogP contribution in [0.4, 0.5) is 18.9 Å². The molecule has 3 N–H and O–H groups in total. The summed E-state index contributed by atoms with van der Waals surface area (Å²) >= 11 is 0. The van der Waals surface area contributed by atoms with Crippen LogP contribution in [-0.2, 0) is 9.53 Å². The normalized spacial score (nSPS) is 16.3. The molecule has 0 aromatic heterocycles. The van der Waals surface area contributed by atoms with E-state index in [9.17, 15) is 18.0 Å². The second-order valence-electron chi connectivity index (χ2n) is 7.78. The highest BCUT2D eigenvalue weighted by Crippen LogP contribution is 2.19. The van der Waals surface area contributed by atoms with E-state index in [0.29, 0.717) is 38.2 Å². The summed E-state index contributed by atoms with van der Waals surface area (Å²) in [7, 11) is 0. The van der Waals surface area contributed by atoms with Crippen LogP contribution >= 0.6 is 0 Å². The van der Waals surface area contributed by atoms with E-state index < -0.39 is 29.0 Å². The van der Waals surface area contributed by atoms with Crippen molar-refractivity contribution in [2.24, 2.45) is 10.9 Å². The highest BCUT2D eigenvalue weighted by Gasteiger charge is 2.22. The molecule has 1 aliphatic heterocycles. The lowest BCUT2D eigenvalue weighted by molar-refractivity contribution is -0.114. The van der Waals surface area contributed by atoms with Gasteiger partial charge in [-0.2, -0.15) is 0 Å². The van der Waals surface area contributed by atoms with Crippen molar-refractivity contribution < 1.29 is 22.7 Å². The van der Waals surface area contributed by atoms with E-state index in [1.165, 1.54) is 0 Å². The number of aliphatic imine (C=N–C) groups is 1. The standard InChI is InChI=1S/C21H32F3N5O2/c1-4-25-21(26-12-15(11-14(2)3)29-7-9-31-10-8-29)27-13-18(30)28-17-6-5-16(22)19(23)20(17)24/h5-6,14-15H,4,7-13H2,1-3H3,(H,28,30)(H2,25,26,27). The van der Waals surface area contributed by atoms with E-state index in [4.69, 9.17) is 4.74 Å². The van der Waals surface area contributed by atoms with Crippen LogP contribution in [0, 0.1) is 23.4 Å². The molecule has 0 spiro atoms. The van der Waals surface area contributed by atoms with Gasteiger partial charge in [0.2, 0.25) is 5.91 Å². The molecular weight excluding hydrogens is 411 g/mol. The number of anilines is 1. The van der Waals surface area contributed by atoms with Crippen molar-refractivity contribution >= 4 is 17.6 Å². The maximum Gasteiger partial charge on any atom is 0.246 e. The zero-order valence-electron chi connectivity index (χ0n) is 18.3. The topological polar surface area (TPSA) is 78.0 Å². The summed E-state index contributed by atoms with van der Waals surface area (Å²) in [5, 5.41) is 8.55. The first-order valence-corrected chi connectivity index (χ1v) is 10.6. The van der Waals surface area contributed by atoms with Crippen molar-refractivity contribution in [2.45, 2.75) is 33.2 Å². The molecule has 1 amide bonds. The Kier molecular flexibility index (Phi) is 10.1. The quantitative estimate of drug-likeness (QED) is 0.310. The third-order valence-electron chi connectivity index (χ3n) is 4.84. The van der Waals surface area contributed by atoms with Crippen molar-refractivity contribution in [3.63, 3.8) is 0 Å². The van der Waals surface area contributed by atoms with Crippen molar-refractivity contribution in [1.82, 2.24) is 15.5 Å². The number of nitrogens with zero attached hydrogens (tertiary/aromatic N) is 2. The van der Waals surface area contributed by atoms with Gasteiger partial charge in [-0.15, -0.1) is 0 Å². The maximum atomic E-state index is 13.7. The molecule has 2 rings (SSSR count). The molecule has 1 fully saturated rings. The Bertz CT molecular complexity index is 755. The van der Waals surface area contributed by atoms with Crippen molar-refractivity contribution in [3.05, 3.63) is 29.6 Å². The van der Waals surface area contributed by atoms with Crippen LogP contribution in [0.2, 0.25) is 0 Å². The number of ether oxygens (including phenoxy) is 1. The minimum atomic E-state index is -1.63. The maximum absolute atomic E-state index is 13.7. The molecule has 1 saturated heterocycles. The number of morpholine rings is 1. The van der Waals surface area contributed by atoms with Crippen molar-refractivity contribution in [2.75, 3.05) is 51.3 Å². The third kappa shape index (κ3) is 8.02. The fraction of sp³-hybridized carbons (Fsp3) is 0.619. The number of carbonyl (C=O) groups is 1. The lowest BCUT2D eigenvalue weighted by Crippen LogP contribution is -2.51. The Morgan fingerprint density at radius 3 is 2.52 bits per heavy atom. The van der Waals surface area contributed by atoms with Crippen LogP contribution in [-0.4, -0.2) is 68.7 Å². The summed E-state index contributed by atoms with van der Waals surface area (Å²) < 4.78 is 45.5. The van der Waals surface area contributed by atoms with E-state index in [1.807, 2.05) is 6.92 Å². The van der Waals surface area contributed by atoms with Gasteiger partial charge in [0.1, 0.15) is 6.54 Å². The van der Waals surface area contributed by atoms with E-state index in [0.717, 1.165) is 31.6 Å². The number of hydrogen-bond donors (Lipinski definition) is 3. The van der Waals surface area contributed by atoms with Gasteiger partial charge in [0.05, 0.1) is 18.9 Å². The van der Waals surface area contributed by atoms with Crippen LogP contribution in [0.1, 0.15) is 27.2 Å². The average molecular weight is 444 g/mol. The molecule has 7 nitrogen and oxygen atoms in total. The number of halogens is 3. The SMILES string of the molecule is CCNC(=NCC(=O)Nc1ccc(F)c(F)c1F)NCC(CC(C)C)N1CCOCC1. The molecular formula is C21H32F3N5O2. The summed E-state index contributed by atoms with van der Waals surface area (Å²) in [6, 6.07) is 2.01. The summed E-state index contributed by atoms with van der Waals surface area (Å²) in [6.45, 7) is 10.3. The molecule has 1 unspecified atom stereocenters. The Morgan fingerprint density at radius 1 is 1.16 bits per heavy atom. The molecule has 31 heavy (non-hydrogen) atoms. The number of guanidine groups is 1. The Hall–Kier alpha value is -2.33. The van der Waals surface area contributed by atoms with Gasteiger partial charge in [-0.1, -0.05) is 13.8 Å². The molecule has 0 bridgehead atoms. The predicted octanol–water partition coefficient (Wildman–Crippen LogP) is 2.34. The largest absolute Gasteiger partial charge is 0.379 e. The molecule has 0 radical (unpaired) electrons. The van der Waals surface area contributed by atoms with E-state index in [-0.39, 0.29) is 12.6 Å². The first kappa shape index (κ1) is 24.9. The molecule has 10 heteroatoms. The van der Waals surface area contributed by atoms with Crippen LogP contribution < -0.4 is 16.0 Å². The molecule has 1 aromatic rings. The molecule has 174 valence electrons. The van der Waals surface area contributed by atoms with Gasteiger partial charge >= 0.3 is 0 Å². The Balaban J connectivity index is 1.96. The number of nitrogens with one attached hydrogen (secondary N) is 3. The fourth-order valence-electron chi connectivity index (χ4n) is 3.37. The van der Waals surface area contributed by atoms with Gasteiger partial charge in [0.15, 0.2) is 23.4 Å². The molecule has 0 saturated carbocycles. The molecule has 1 aliphatic rings. The van der Waals surface area contributed by atoms with Crippen molar-refractivity contribution in [1.29, 1.82) is 0 Å². The minimum absolute atomic E-state index is 0.290. The van der Waals surface area contributed by atoms with Gasteiger partial charge in [-0.3, -0.25) is 9.69 Å². The van der Waals surface area contributed by atoms with E-state index in [1.54, 1.807) is 0 Å². The summed E-state index contributed by atoms with van der Waals surface area (Å²) in [4.78, 5) is 18.7. The number of hydrogen-bond acceptors (Lipinski definition) is 4. The molecule has 1 atom stereocenters. The monoisotopic (exact) mass is 443 g/mol. The van der Waals surface area contributed by atoms with Gasteiger partial charge in [0, 0.05) is 32.2 Å². The second-order valence-corrected chi connectivity index (χ2v) is 7.78. The fourth-order valence-corrected chi connectivity index (χ4v) is 3.37. The number of rotatable bonds is 9. The minimum Gasteiger partial charge on any atom is -0.379 e. The number of carbonyl (C=O) groups excluding carboxylic acids is 1. The second kappa shape index (κ2) is 12.5. The first-order chi connectivity index (χ1) is 14.8. The summed E-state index contributed by atoms with van der Waals surface area (Å²) in [5.41, 5.74) is -0.429. The van der Waals surface area contributed by atoms with Crippen LogP contribution in [0.3, 0.4) is 0 Å². The van der Waals surface area contributed by atoms with Gasteiger partial charge in [0.25, 0.3) is 0 Å². The number of amides is 1. The molecule has 0 aliphatic carbocycles. The highest BCUT2D eigenvalue weighted by atomic mass is 19.2. The number of benzene rings is 1. The zero-order chi connectivity index (χ0) is 22.8. The lowest BCUT2D eigenvalue weighted by Gasteiger charge is -2.35.